The Morgan fingerprint density at radius 2 is 1.61 bits per heavy atom. The van der Waals surface area contributed by atoms with E-state index < -0.39 is 11.8 Å². The first kappa shape index (κ1) is 17.9. The van der Waals surface area contributed by atoms with Gasteiger partial charge in [0.15, 0.2) is 5.11 Å². The standard InChI is InChI=1S/C20H16N4O3S/c1-22-15-9-8-12(11-16(15)23(2)20(22)27)10-14-17(25)21-19(28)24(18(14)26)13-6-4-3-5-7-13/h3-11H,1-2H3,(H,21,25,28). The number of imidazole rings is 1. The fourth-order valence-corrected chi connectivity index (χ4v) is 3.53. The lowest BCUT2D eigenvalue weighted by Gasteiger charge is -2.28. The second kappa shape index (κ2) is 6.58. The summed E-state index contributed by atoms with van der Waals surface area (Å²) in [5, 5.41) is 2.60. The lowest BCUT2D eigenvalue weighted by molar-refractivity contribution is -0.122. The summed E-state index contributed by atoms with van der Waals surface area (Å²) in [4.78, 5) is 38.8. The van der Waals surface area contributed by atoms with E-state index in [9.17, 15) is 14.4 Å². The predicted octanol–water partition coefficient (Wildman–Crippen LogP) is 1.71. The number of benzene rings is 2. The Balaban J connectivity index is 1.80. The number of hydrogen-bond donors (Lipinski definition) is 1. The predicted molar refractivity (Wildman–Crippen MR) is 111 cm³/mol. The number of nitrogens with one attached hydrogen (secondary N) is 1. The van der Waals surface area contributed by atoms with Crippen molar-refractivity contribution in [3.63, 3.8) is 0 Å². The molecule has 0 bridgehead atoms. The fourth-order valence-electron chi connectivity index (χ4n) is 3.25. The Hall–Kier alpha value is -3.52. The summed E-state index contributed by atoms with van der Waals surface area (Å²) in [6.45, 7) is 0. The van der Waals surface area contributed by atoms with E-state index in [1.165, 1.54) is 15.5 Å². The van der Waals surface area contributed by atoms with Gasteiger partial charge in [0.05, 0.1) is 16.7 Å². The van der Waals surface area contributed by atoms with Gasteiger partial charge in [-0.3, -0.25) is 28.9 Å². The van der Waals surface area contributed by atoms with Crippen molar-refractivity contribution in [3.05, 3.63) is 70.2 Å². The number of hydrogen-bond acceptors (Lipinski definition) is 4. The van der Waals surface area contributed by atoms with Gasteiger partial charge in [-0.15, -0.1) is 0 Å². The maximum Gasteiger partial charge on any atom is 0.328 e. The Morgan fingerprint density at radius 3 is 2.32 bits per heavy atom. The maximum atomic E-state index is 13.0. The Bertz CT molecular complexity index is 1240. The van der Waals surface area contributed by atoms with E-state index >= 15 is 0 Å². The van der Waals surface area contributed by atoms with Gasteiger partial charge in [0.25, 0.3) is 11.8 Å². The average Bonchev–Trinajstić information content (AvgIpc) is 2.90. The highest BCUT2D eigenvalue weighted by Crippen LogP contribution is 2.23. The molecule has 3 aromatic rings. The molecule has 1 N–H and O–H groups in total. The number of aryl methyl sites for hydroxylation is 2. The van der Waals surface area contributed by atoms with E-state index in [1.807, 2.05) is 6.07 Å². The normalized spacial score (nSPS) is 16.1. The molecule has 0 atom stereocenters. The molecule has 0 radical (unpaired) electrons. The van der Waals surface area contributed by atoms with Gasteiger partial charge in [-0.05, 0) is 48.1 Å². The highest BCUT2D eigenvalue weighted by Gasteiger charge is 2.34. The van der Waals surface area contributed by atoms with Gasteiger partial charge in [-0.25, -0.2) is 4.79 Å². The van der Waals surface area contributed by atoms with Crippen molar-refractivity contribution >= 4 is 51.9 Å². The zero-order valence-electron chi connectivity index (χ0n) is 15.2. The Morgan fingerprint density at radius 1 is 0.929 bits per heavy atom. The molecule has 1 aromatic heterocycles. The lowest BCUT2D eigenvalue weighted by Crippen LogP contribution is -2.54. The minimum Gasteiger partial charge on any atom is -0.298 e. The minimum atomic E-state index is -0.552. The molecular weight excluding hydrogens is 376 g/mol. The quantitative estimate of drug-likeness (QED) is 0.409. The number of amides is 2. The summed E-state index contributed by atoms with van der Waals surface area (Å²) in [6.07, 6.45) is 1.51. The van der Waals surface area contributed by atoms with E-state index in [4.69, 9.17) is 12.2 Å². The molecule has 1 saturated heterocycles. The number of fused-ring (bicyclic) bond motifs is 1. The molecule has 140 valence electrons. The summed E-state index contributed by atoms with van der Waals surface area (Å²) in [6, 6.07) is 14.2. The van der Waals surface area contributed by atoms with Crippen LogP contribution in [0.1, 0.15) is 5.56 Å². The van der Waals surface area contributed by atoms with E-state index in [2.05, 4.69) is 5.32 Å². The zero-order valence-corrected chi connectivity index (χ0v) is 16.0. The monoisotopic (exact) mass is 392 g/mol. The third-order valence-electron chi connectivity index (χ3n) is 4.72. The van der Waals surface area contributed by atoms with E-state index in [-0.39, 0.29) is 16.4 Å². The molecule has 4 rings (SSSR count). The van der Waals surface area contributed by atoms with Crippen LogP contribution in [0.5, 0.6) is 0 Å². The molecule has 2 heterocycles. The number of carbonyl (C=O) groups excluding carboxylic acids is 2. The summed E-state index contributed by atoms with van der Waals surface area (Å²) in [5.74, 6) is -1.05. The van der Waals surface area contributed by atoms with Gasteiger partial charge in [0, 0.05) is 14.1 Å². The smallest absolute Gasteiger partial charge is 0.298 e. The number of anilines is 1. The van der Waals surface area contributed by atoms with E-state index in [1.54, 1.807) is 61.1 Å². The first-order valence-corrected chi connectivity index (χ1v) is 8.91. The number of para-hydroxylation sites is 1. The van der Waals surface area contributed by atoms with Gasteiger partial charge in [-0.2, -0.15) is 0 Å². The third kappa shape index (κ3) is 2.74. The van der Waals surface area contributed by atoms with Gasteiger partial charge < -0.3 is 0 Å². The van der Waals surface area contributed by atoms with Crippen molar-refractivity contribution < 1.29 is 9.59 Å². The van der Waals surface area contributed by atoms with Crippen LogP contribution in [-0.2, 0) is 23.7 Å². The minimum absolute atomic E-state index is 0.0299. The number of carbonyl (C=O) groups is 2. The molecule has 8 heteroatoms. The van der Waals surface area contributed by atoms with Gasteiger partial charge >= 0.3 is 5.69 Å². The largest absolute Gasteiger partial charge is 0.328 e. The molecule has 2 aromatic carbocycles. The van der Waals surface area contributed by atoms with Gasteiger partial charge in [-0.1, -0.05) is 24.3 Å². The number of aromatic nitrogens is 2. The summed E-state index contributed by atoms with van der Waals surface area (Å²) >= 11 is 5.18. The Kier molecular flexibility index (Phi) is 4.20. The van der Waals surface area contributed by atoms with Crippen molar-refractivity contribution in [1.29, 1.82) is 0 Å². The van der Waals surface area contributed by atoms with Gasteiger partial charge in [0.2, 0.25) is 0 Å². The van der Waals surface area contributed by atoms with Crippen LogP contribution in [0.25, 0.3) is 17.1 Å². The second-order valence-electron chi connectivity index (χ2n) is 6.44. The molecule has 0 aliphatic carbocycles. The van der Waals surface area contributed by atoms with Crippen LogP contribution < -0.4 is 15.9 Å². The highest BCUT2D eigenvalue weighted by molar-refractivity contribution is 7.80. The fraction of sp³-hybridized carbons (Fsp3) is 0.100. The molecule has 0 spiro atoms. The van der Waals surface area contributed by atoms with Crippen LogP contribution in [0.4, 0.5) is 5.69 Å². The molecule has 0 unspecified atom stereocenters. The molecule has 0 saturated carbocycles. The van der Waals surface area contributed by atoms with Crippen molar-refractivity contribution in [3.8, 4) is 0 Å². The van der Waals surface area contributed by atoms with Crippen LogP contribution in [0, 0.1) is 0 Å². The molecule has 7 nitrogen and oxygen atoms in total. The molecule has 1 fully saturated rings. The first-order chi connectivity index (χ1) is 13.4. The summed E-state index contributed by atoms with van der Waals surface area (Å²) < 4.78 is 3.06. The zero-order chi connectivity index (χ0) is 20.0. The first-order valence-electron chi connectivity index (χ1n) is 8.50. The van der Waals surface area contributed by atoms with E-state index in [0.29, 0.717) is 16.8 Å². The van der Waals surface area contributed by atoms with Crippen LogP contribution in [0.15, 0.2) is 58.9 Å². The molecule has 1 aliphatic heterocycles. The molecule has 28 heavy (non-hydrogen) atoms. The third-order valence-corrected chi connectivity index (χ3v) is 5.01. The summed E-state index contributed by atoms with van der Waals surface area (Å²) in [5.41, 5.74) is 2.50. The molecule has 2 amide bonds. The molecule has 1 aliphatic rings. The second-order valence-corrected chi connectivity index (χ2v) is 6.83. The van der Waals surface area contributed by atoms with Crippen LogP contribution in [-0.4, -0.2) is 26.1 Å². The number of rotatable bonds is 2. The topological polar surface area (TPSA) is 76.3 Å². The van der Waals surface area contributed by atoms with Gasteiger partial charge in [0.1, 0.15) is 5.57 Å². The van der Waals surface area contributed by atoms with Crippen molar-refractivity contribution in [2.75, 3.05) is 4.90 Å². The average molecular weight is 392 g/mol. The van der Waals surface area contributed by atoms with E-state index in [0.717, 1.165) is 5.52 Å². The summed E-state index contributed by atoms with van der Waals surface area (Å²) in [7, 11) is 3.37. The van der Waals surface area contributed by atoms with Crippen molar-refractivity contribution in [2.45, 2.75) is 0 Å². The molecular formula is C20H16N4O3S. The highest BCUT2D eigenvalue weighted by atomic mass is 32.1. The Labute approximate surface area is 165 Å². The van der Waals surface area contributed by atoms with Crippen LogP contribution in [0.3, 0.4) is 0 Å². The maximum absolute atomic E-state index is 13.0. The number of nitrogens with zero attached hydrogens (tertiary/aromatic N) is 3. The number of thiocarbonyl (C=S) groups is 1. The van der Waals surface area contributed by atoms with Crippen LogP contribution >= 0.6 is 12.2 Å². The van der Waals surface area contributed by atoms with Crippen molar-refractivity contribution in [1.82, 2.24) is 14.5 Å². The SMILES string of the molecule is Cn1c(=O)n(C)c2cc(C=C3C(=O)NC(=S)N(c4ccccc4)C3=O)ccc21. The lowest BCUT2D eigenvalue weighted by atomic mass is 10.1. The van der Waals surface area contributed by atoms with Crippen LogP contribution in [0.2, 0.25) is 0 Å². The van der Waals surface area contributed by atoms with Crippen molar-refractivity contribution in [2.24, 2.45) is 14.1 Å².